The van der Waals surface area contributed by atoms with Gasteiger partial charge in [0.15, 0.2) is 0 Å². The molecule has 0 N–H and O–H groups in total. The van der Waals surface area contributed by atoms with Crippen molar-refractivity contribution in [2.45, 2.75) is 39.7 Å². The fourth-order valence-electron chi connectivity index (χ4n) is 2.37. The van der Waals surface area contributed by atoms with Crippen LogP contribution in [0.5, 0.6) is 0 Å². The number of nitrogens with zero attached hydrogens (tertiary/aromatic N) is 1. The van der Waals surface area contributed by atoms with Crippen LogP contribution in [0.2, 0.25) is 0 Å². The Morgan fingerprint density at radius 1 is 1.29 bits per heavy atom. The minimum atomic E-state index is 0.226. The second-order valence-electron chi connectivity index (χ2n) is 5.39. The lowest BCUT2D eigenvalue weighted by Crippen LogP contribution is -2.42. The molecule has 1 aromatic carbocycles. The standard InChI is InChI=1S/C15H21NO/c1-3-15(2)9-10-16(14(17)11-15)12-13-7-5-4-6-8-13/h4-8H,3,9-12H2,1-2H3. The van der Waals surface area contributed by atoms with Gasteiger partial charge in [0.1, 0.15) is 0 Å². The van der Waals surface area contributed by atoms with Gasteiger partial charge in [-0.1, -0.05) is 50.6 Å². The maximum atomic E-state index is 12.1. The van der Waals surface area contributed by atoms with E-state index >= 15 is 0 Å². The average Bonchev–Trinajstić information content (AvgIpc) is 2.34. The van der Waals surface area contributed by atoms with Gasteiger partial charge in [0.05, 0.1) is 0 Å². The van der Waals surface area contributed by atoms with Crippen LogP contribution in [0.4, 0.5) is 0 Å². The van der Waals surface area contributed by atoms with E-state index in [1.165, 1.54) is 5.56 Å². The molecule has 2 heteroatoms. The number of hydrogen-bond acceptors (Lipinski definition) is 1. The molecule has 1 amide bonds. The normalized spacial score (nSPS) is 25.1. The quantitative estimate of drug-likeness (QED) is 0.782. The van der Waals surface area contributed by atoms with Crippen LogP contribution < -0.4 is 0 Å². The zero-order valence-corrected chi connectivity index (χ0v) is 10.8. The van der Waals surface area contributed by atoms with Gasteiger partial charge in [0.25, 0.3) is 0 Å². The third-order valence-electron chi connectivity index (χ3n) is 3.99. The molecule has 0 bridgehead atoms. The fourth-order valence-corrected chi connectivity index (χ4v) is 2.37. The second-order valence-corrected chi connectivity index (χ2v) is 5.39. The number of carbonyl (C=O) groups is 1. The van der Waals surface area contributed by atoms with Crippen LogP contribution in [0.3, 0.4) is 0 Å². The summed E-state index contributed by atoms with van der Waals surface area (Å²) in [5, 5.41) is 0. The Hall–Kier alpha value is -1.31. The molecule has 0 spiro atoms. The van der Waals surface area contributed by atoms with Gasteiger partial charge in [-0.25, -0.2) is 0 Å². The van der Waals surface area contributed by atoms with Gasteiger partial charge in [-0.05, 0) is 17.4 Å². The first-order chi connectivity index (χ1) is 8.13. The highest BCUT2D eigenvalue weighted by atomic mass is 16.2. The SMILES string of the molecule is CCC1(C)CCN(Cc2ccccc2)C(=O)C1. The summed E-state index contributed by atoms with van der Waals surface area (Å²) in [5.74, 6) is 0.310. The van der Waals surface area contributed by atoms with Crippen molar-refractivity contribution in [3.63, 3.8) is 0 Å². The number of piperidine rings is 1. The Kier molecular flexibility index (Phi) is 3.51. The van der Waals surface area contributed by atoms with Crippen molar-refractivity contribution in [1.29, 1.82) is 0 Å². The van der Waals surface area contributed by atoms with E-state index in [0.717, 1.165) is 25.9 Å². The van der Waals surface area contributed by atoms with Gasteiger partial charge < -0.3 is 4.90 Å². The third-order valence-corrected chi connectivity index (χ3v) is 3.99. The maximum Gasteiger partial charge on any atom is 0.223 e. The number of amides is 1. The van der Waals surface area contributed by atoms with Crippen LogP contribution in [0.1, 0.15) is 38.7 Å². The maximum absolute atomic E-state index is 12.1. The predicted octanol–water partition coefficient (Wildman–Crippen LogP) is 3.23. The molecule has 2 nitrogen and oxygen atoms in total. The Morgan fingerprint density at radius 3 is 2.59 bits per heavy atom. The van der Waals surface area contributed by atoms with Crippen molar-refractivity contribution < 1.29 is 4.79 Å². The summed E-state index contributed by atoms with van der Waals surface area (Å²) in [7, 11) is 0. The lowest BCUT2D eigenvalue weighted by atomic mass is 9.78. The molecule has 1 aliphatic rings. The zero-order valence-electron chi connectivity index (χ0n) is 10.8. The Labute approximate surface area is 104 Å². The van der Waals surface area contributed by atoms with E-state index < -0.39 is 0 Å². The van der Waals surface area contributed by atoms with Crippen LogP contribution in [0, 0.1) is 5.41 Å². The molecule has 1 atom stereocenters. The molecular formula is C15H21NO. The molecule has 0 aromatic heterocycles. The van der Waals surface area contributed by atoms with Gasteiger partial charge in [0.2, 0.25) is 5.91 Å². The molecule has 0 saturated carbocycles. The third kappa shape index (κ3) is 2.87. The molecule has 1 aliphatic heterocycles. The summed E-state index contributed by atoms with van der Waals surface area (Å²) < 4.78 is 0. The summed E-state index contributed by atoms with van der Waals surface area (Å²) in [4.78, 5) is 14.1. The van der Waals surface area contributed by atoms with Crippen LogP contribution in [-0.2, 0) is 11.3 Å². The molecule has 2 rings (SSSR count). The van der Waals surface area contributed by atoms with Crippen molar-refractivity contribution in [3.8, 4) is 0 Å². The number of benzene rings is 1. The summed E-state index contributed by atoms with van der Waals surface area (Å²) in [6.45, 7) is 6.07. The number of likely N-dealkylation sites (tertiary alicyclic amines) is 1. The van der Waals surface area contributed by atoms with E-state index in [4.69, 9.17) is 0 Å². The van der Waals surface area contributed by atoms with Gasteiger partial charge in [-0.2, -0.15) is 0 Å². The Morgan fingerprint density at radius 2 is 2.00 bits per heavy atom. The minimum Gasteiger partial charge on any atom is -0.338 e. The highest BCUT2D eigenvalue weighted by Crippen LogP contribution is 2.34. The van der Waals surface area contributed by atoms with Gasteiger partial charge >= 0.3 is 0 Å². The molecular weight excluding hydrogens is 210 g/mol. The number of hydrogen-bond donors (Lipinski definition) is 0. The van der Waals surface area contributed by atoms with Crippen LogP contribution in [0.25, 0.3) is 0 Å². The van der Waals surface area contributed by atoms with Crippen LogP contribution in [0.15, 0.2) is 30.3 Å². The van der Waals surface area contributed by atoms with E-state index in [-0.39, 0.29) is 5.41 Å². The van der Waals surface area contributed by atoms with Crippen LogP contribution >= 0.6 is 0 Å². The monoisotopic (exact) mass is 231 g/mol. The van der Waals surface area contributed by atoms with Crippen molar-refractivity contribution in [1.82, 2.24) is 4.90 Å². The molecule has 17 heavy (non-hydrogen) atoms. The van der Waals surface area contributed by atoms with Gasteiger partial charge in [-0.3, -0.25) is 4.79 Å². The predicted molar refractivity (Wildman–Crippen MR) is 69.5 cm³/mol. The summed E-state index contributed by atoms with van der Waals surface area (Å²) in [6.07, 6.45) is 2.93. The number of rotatable bonds is 3. The van der Waals surface area contributed by atoms with Crippen molar-refractivity contribution in [2.24, 2.45) is 5.41 Å². The topological polar surface area (TPSA) is 20.3 Å². The second kappa shape index (κ2) is 4.91. The van der Waals surface area contributed by atoms with E-state index in [1.54, 1.807) is 0 Å². The smallest absolute Gasteiger partial charge is 0.223 e. The first-order valence-electron chi connectivity index (χ1n) is 6.45. The van der Waals surface area contributed by atoms with Crippen molar-refractivity contribution in [2.75, 3.05) is 6.54 Å². The van der Waals surface area contributed by atoms with Crippen molar-refractivity contribution in [3.05, 3.63) is 35.9 Å². The average molecular weight is 231 g/mol. The van der Waals surface area contributed by atoms with E-state index in [2.05, 4.69) is 26.0 Å². The molecule has 0 radical (unpaired) electrons. The summed E-state index contributed by atoms with van der Waals surface area (Å²) in [6, 6.07) is 10.2. The molecule has 0 aliphatic carbocycles. The van der Waals surface area contributed by atoms with E-state index in [1.807, 2.05) is 23.1 Å². The fraction of sp³-hybridized carbons (Fsp3) is 0.533. The largest absolute Gasteiger partial charge is 0.338 e. The zero-order chi connectivity index (χ0) is 12.3. The van der Waals surface area contributed by atoms with E-state index in [0.29, 0.717) is 12.3 Å². The Balaban J connectivity index is 1.99. The minimum absolute atomic E-state index is 0.226. The van der Waals surface area contributed by atoms with Gasteiger partial charge in [0, 0.05) is 19.5 Å². The Bertz CT molecular complexity index is 387. The molecule has 1 heterocycles. The first kappa shape index (κ1) is 12.2. The molecule has 92 valence electrons. The summed E-state index contributed by atoms with van der Waals surface area (Å²) in [5.41, 5.74) is 1.45. The highest BCUT2D eigenvalue weighted by Gasteiger charge is 2.33. The lowest BCUT2D eigenvalue weighted by molar-refractivity contribution is -0.138. The van der Waals surface area contributed by atoms with E-state index in [9.17, 15) is 4.79 Å². The van der Waals surface area contributed by atoms with Gasteiger partial charge in [-0.15, -0.1) is 0 Å². The lowest BCUT2D eigenvalue weighted by Gasteiger charge is -2.38. The number of carbonyl (C=O) groups excluding carboxylic acids is 1. The molecule has 1 fully saturated rings. The van der Waals surface area contributed by atoms with Crippen LogP contribution in [-0.4, -0.2) is 17.4 Å². The molecule has 1 aromatic rings. The first-order valence-corrected chi connectivity index (χ1v) is 6.45. The van der Waals surface area contributed by atoms with Crippen molar-refractivity contribution >= 4 is 5.91 Å². The molecule has 1 unspecified atom stereocenters. The summed E-state index contributed by atoms with van der Waals surface area (Å²) >= 11 is 0. The highest BCUT2D eigenvalue weighted by molar-refractivity contribution is 5.77. The molecule has 1 saturated heterocycles.